The summed E-state index contributed by atoms with van der Waals surface area (Å²) in [6.45, 7) is 4.36. The molecule has 0 spiro atoms. The van der Waals surface area contributed by atoms with Crippen molar-refractivity contribution in [2.75, 3.05) is 0 Å². The summed E-state index contributed by atoms with van der Waals surface area (Å²) in [6, 6.07) is 0. The summed E-state index contributed by atoms with van der Waals surface area (Å²) in [5, 5.41) is 9.31. The van der Waals surface area contributed by atoms with Crippen LogP contribution in [0.2, 0.25) is 0 Å². The molecule has 0 heterocycles. The molecular formula is C16H30O2. The molecule has 0 amide bonds. The molecular weight excluding hydrogens is 224 g/mol. The molecule has 1 aliphatic rings. The second-order valence-corrected chi connectivity index (χ2v) is 6.00. The molecule has 1 rings (SSSR count). The summed E-state index contributed by atoms with van der Waals surface area (Å²) >= 11 is 0. The lowest BCUT2D eigenvalue weighted by Gasteiger charge is -2.11. The van der Waals surface area contributed by atoms with Crippen LogP contribution < -0.4 is 0 Å². The van der Waals surface area contributed by atoms with E-state index >= 15 is 0 Å². The van der Waals surface area contributed by atoms with Gasteiger partial charge in [0.15, 0.2) is 0 Å². The Balaban J connectivity index is 2.02. The number of carboxylic acids is 1. The topological polar surface area (TPSA) is 37.3 Å². The predicted molar refractivity (Wildman–Crippen MR) is 75.7 cm³/mol. The van der Waals surface area contributed by atoms with E-state index in [1.165, 1.54) is 44.9 Å². The van der Waals surface area contributed by atoms with Crippen molar-refractivity contribution in [3.63, 3.8) is 0 Å². The van der Waals surface area contributed by atoms with Gasteiger partial charge in [0.1, 0.15) is 0 Å². The molecule has 0 saturated heterocycles. The Morgan fingerprint density at radius 2 is 1.61 bits per heavy atom. The lowest BCUT2D eigenvalue weighted by Crippen LogP contribution is -2.17. The third kappa shape index (κ3) is 4.29. The molecule has 0 aromatic rings. The third-order valence-electron chi connectivity index (χ3n) is 4.63. The largest absolute Gasteiger partial charge is 0.481 e. The monoisotopic (exact) mass is 254 g/mol. The molecule has 2 atom stereocenters. The van der Waals surface area contributed by atoms with Crippen LogP contribution >= 0.6 is 0 Å². The highest BCUT2D eigenvalue weighted by Crippen LogP contribution is 2.58. The summed E-state index contributed by atoms with van der Waals surface area (Å²) in [6.07, 6.45) is 13.2. The number of hydrogen-bond donors (Lipinski definition) is 1. The molecule has 18 heavy (non-hydrogen) atoms. The summed E-state index contributed by atoms with van der Waals surface area (Å²) < 4.78 is 0. The van der Waals surface area contributed by atoms with E-state index in [1.807, 2.05) is 0 Å². The second-order valence-electron chi connectivity index (χ2n) is 6.00. The van der Waals surface area contributed by atoms with Gasteiger partial charge in [-0.1, -0.05) is 71.6 Å². The van der Waals surface area contributed by atoms with Crippen molar-refractivity contribution < 1.29 is 9.90 Å². The standard InChI is InChI=1S/C16H30O2/c1-3-5-6-7-8-9-10-11-12-16(15(17)18)13-14(16)4-2/h14H,3-13H2,1-2H3,(H,17,18). The molecule has 1 fully saturated rings. The summed E-state index contributed by atoms with van der Waals surface area (Å²) in [5.74, 6) is -0.0863. The first-order valence-electron chi connectivity index (χ1n) is 7.90. The van der Waals surface area contributed by atoms with E-state index in [9.17, 15) is 9.90 Å². The van der Waals surface area contributed by atoms with Gasteiger partial charge in [0.2, 0.25) is 0 Å². The van der Waals surface area contributed by atoms with Crippen molar-refractivity contribution in [3.05, 3.63) is 0 Å². The molecule has 0 radical (unpaired) electrons. The highest BCUT2D eigenvalue weighted by molar-refractivity contribution is 5.78. The SMILES string of the molecule is CCCCCCCCCCC1(C(=O)O)CC1CC. The van der Waals surface area contributed by atoms with E-state index in [0.717, 1.165) is 25.7 Å². The number of aliphatic carboxylic acids is 1. The maximum Gasteiger partial charge on any atom is 0.309 e. The smallest absolute Gasteiger partial charge is 0.309 e. The fourth-order valence-electron chi connectivity index (χ4n) is 3.17. The van der Waals surface area contributed by atoms with Crippen molar-refractivity contribution in [2.45, 2.75) is 84.5 Å². The van der Waals surface area contributed by atoms with Gasteiger partial charge >= 0.3 is 5.97 Å². The molecule has 2 unspecified atom stereocenters. The molecule has 0 bridgehead atoms. The van der Waals surface area contributed by atoms with Crippen LogP contribution in [0.25, 0.3) is 0 Å². The highest BCUT2D eigenvalue weighted by Gasteiger charge is 2.58. The number of hydrogen-bond acceptors (Lipinski definition) is 1. The summed E-state index contributed by atoms with van der Waals surface area (Å²) in [5.41, 5.74) is -0.322. The van der Waals surface area contributed by atoms with Crippen LogP contribution in [0.1, 0.15) is 84.5 Å². The predicted octanol–water partition coefficient (Wildman–Crippen LogP) is 5.02. The Bertz CT molecular complexity index is 249. The number of rotatable bonds is 11. The Hall–Kier alpha value is -0.530. The highest BCUT2D eigenvalue weighted by atomic mass is 16.4. The molecule has 2 nitrogen and oxygen atoms in total. The second kappa shape index (κ2) is 7.81. The molecule has 1 N–H and O–H groups in total. The third-order valence-corrected chi connectivity index (χ3v) is 4.63. The van der Waals surface area contributed by atoms with Crippen molar-refractivity contribution >= 4 is 5.97 Å². The van der Waals surface area contributed by atoms with Crippen molar-refractivity contribution in [1.82, 2.24) is 0 Å². The summed E-state index contributed by atoms with van der Waals surface area (Å²) in [4.78, 5) is 11.3. The van der Waals surface area contributed by atoms with Gasteiger partial charge in [0.05, 0.1) is 5.41 Å². The van der Waals surface area contributed by atoms with Crippen LogP contribution in [0.5, 0.6) is 0 Å². The van der Waals surface area contributed by atoms with Crippen LogP contribution in [0.4, 0.5) is 0 Å². The van der Waals surface area contributed by atoms with E-state index in [1.54, 1.807) is 0 Å². The first kappa shape index (κ1) is 15.5. The maximum absolute atomic E-state index is 11.3. The van der Waals surface area contributed by atoms with Gasteiger partial charge in [-0.3, -0.25) is 4.79 Å². The van der Waals surface area contributed by atoms with Gasteiger partial charge in [-0.15, -0.1) is 0 Å². The fraction of sp³-hybridized carbons (Fsp3) is 0.938. The lowest BCUT2D eigenvalue weighted by molar-refractivity contribution is -0.144. The number of carbonyl (C=O) groups is 1. The van der Waals surface area contributed by atoms with E-state index < -0.39 is 5.97 Å². The Morgan fingerprint density at radius 1 is 1.06 bits per heavy atom. The molecule has 106 valence electrons. The average Bonchev–Trinajstić information content (AvgIpc) is 3.08. The van der Waals surface area contributed by atoms with Crippen LogP contribution in [0.15, 0.2) is 0 Å². The van der Waals surface area contributed by atoms with Crippen LogP contribution in [-0.4, -0.2) is 11.1 Å². The first-order chi connectivity index (χ1) is 8.67. The van der Waals surface area contributed by atoms with E-state index in [0.29, 0.717) is 5.92 Å². The van der Waals surface area contributed by atoms with Gasteiger partial charge in [0, 0.05) is 0 Å². The number of unbranched alkanes of at least 4 members (excludes halogenated alkanes) is 7. The van der Waals surface area contributed by atoms with E-state index in [4.69, 9.17) is 0 Å². The van der Waals surface area contributed by atoms with Gasteiger partial charge in [-0.25, -0.2) is 0 Å². The summed E-state index contributed by atoms with van der Waals surface area (Å²) in [7, 11) is 0. The molecule has 1 saturated carbocycles. The zero-order valence-corrected chi connectivity index (χ0v) is 12.2. The number of carboxylic acid groups (broad SMARTS) is 1. The quantitative estimate of drug-likeness (QED) is 0.526. The normalized spacial score (nSPS) is 26.2. The van der Waals surface area contributed by atoms with Gasteiger partial charge in [0.25, 0.3) is 0 Å². The van der Waals surface area contributed by atoms with Crippen LogP contribution in [0.3, 0.4) is 0 Å². The Morgan fingerprint density at radius 3 is 2.06 bits per heavy atom. The van der Waals surface area contributed by atoms with Crippen molar-refractivity contribution in [2.24, 2.45) is 11.3 Å². The molecule has 0 aliphatic heterocycles. The molecule has 0 aromatic heterocycles. The average molecular weight is 254 g/mol. The van der Waals surface area contributed by atoms with Gasteiger partial charge < -0.3 is 5.11 Å². The van der Waals surface area contributed by atoms with Crippen LogP contribution in [0, 0.1) is 11.3 Å². The maximum atomic E-state index is 11.3. The van der Waals surface area contributed by atoms with E-state index in [-0.39, 0.29) is 5.41 Å². The van der Waals surface area contributed by atoms with Gasteiger partial charge in [-0.2, -0.15) is 0 Å². The van der Waals surface area contributed by atoms with Crippen LogP contribution in [-0.2, 0) is 4.79 Å². The minimum atomic E-state index is -0.544. The van der Waals surface area contributed by atoms with Crippen molar-refractivity contribution in [1.29, 1.82) is 0 Å². The van der Waals surface area contributed by atoms with E-state index in [2.05, 4.69) is 13.8 Å². The fourth-order valence-corrected chi connectivity index (χ4v) is 3.17. The minimum Gasteiger partial charge on any atom is -0.481 e. The zero-order valence-electron chi connectivity index (χ0n) is 12.2. The lowest BCUT2D eigenvalue weighted by atomic mass is 9.94. The Kier molecular flexibility index (Phi) is 6.73. The molecule has 2 heteroatoms. The molecule has 1 aliphatic carbocycles. The van der Waals surface area contributed by atoms with Gasteiger partial charge in [-0.05, 0) is 18.8 Å². The Labute approximate surface area is 112 Å². The minimum absolute atomic E-state index is 0.322. The zero-order chi connectivity index (χ0) is 13.4. The first-order valence-corrected chi connectivity index (χ1v) is 7.90. The molecule has 0 aromatic carbocycles. The van der Waals surface area contributed by atoms with Crippen molar-refractivity contribution in [3.8, 4) is 0 Å².